The molecule has 2 amide bonds. The Morgan fingerprint density at radius 1 is 0.821 bits per heavy atom. The number of carbonyl (C=O) groups excluding carboxylic acids is 2. The molecule has 0 radical (unpaired) electrons. The van der Waals surface area contributed by atoms with Crippen molar-refractivity contribution in [1.29, 1.82) is 0 Å². The molecule has 5 nitrogen and oxygen atoms in total. The van der Waals surface area contributed by atoms with E-state index in [4.69, 9.17) is 0 Å². The first-order valence-electron chi connectivity index (χ1n) is 9.21. The van der Waals surface area contributed by atoms with E-state index in [-0.39, 0.29) is 30.3 Å². The molecule has 0 fully saturated rings. The van der Waals surface area contributed by atoms with Gasteiger partial charge in [0.05, 0.1) is 24.2 Å². The molecule has 2 N–H and O–H groups in total. The van der Waals surface area contributed by atoms with Crippen LogP contribution in [0.15, 0.2) is 85.1 Å². The summed E-state index contributed by atoms with van der Waals surface area (Å²) in [6, 6.07) is 24.1. The number of carbonyl (C=O) groups is 2. The Bertz CT molecular complexity index is 859. The normalized spacial score (nSPS) is 12.6. The number of nitrogens with one attached hydrogen (secondary N) is 2. The van der Waals surface area contributed by atoms with Gasteiger partial charge in [0.1, 0.15) is 0 Å². The number of amides is 2. The summed E-state index contributed by atoms with van der Waals surface area (Å²) >= 11 is 0. The van der Waals surface area contributed by atoms with Crippen molar-refractivity contribution in [3.63, 3.8) is 0 Å². The first-order chi connectivity index (χ1) is 13.6. The summed E-state index contributed by atoms with van der Waals surface area (Å²) in [5.41, 5.74) is 2.60. The Morgan fingerprint density at radius 2 is 1.43 bits per heavy atom. The van der Waals surface area contributed by atoms with Crippen molar-refractivity contribution in [2.24, 2.45) is 0 Å². The predicted molar refractivity (Wildman–Crippen MR) is 108 cm³/mol. The van der Waals surface area contributed by atoms with Crippen LogP contribution in [0.5, 0.6) is 0 Å². The molecule has 2 atom stereocenters. The van der Waals surface area contributed by atoms with E-state index in [1.54, 1.807) is 6.20 Å². The minimum absolute atomic E-state index is 0.139. The lowest BCUT2D eigenvalue weighted by Gasteiger charge is -2.22. The maximum atomic E-state index is 12.9. The van der Waals surface area contributed by atoms with Gasteiger partial charge in [0, 0.05) is 13.1 Å². The SMILES string of the molecule is CC(=O)NC(CC(=O)NC(c1ccccc1)c1ccccn1)c1ccccc1. The molecule has 142 valence electrons. The number of hydrogen-bond donors (Lipinski definition) is 2. The van der Waals surface area contributed by atoms with Crippen LogP contribution in [0.1, 0.15) is 42.2 Å². The van der Waals surface area contributed by atoms with Gasteiger partial charge in [-0.25, -0.2) is 0 Å². The second kappa shape index (κ2) is 9.46. The fraction of sp³-hybridized carbons (Fsp3) is 0.174. The van der Waals surface area contributed by atoms with Crippen LogP contribution in [0.2, 0.25) is 0 Å². The van der Waals surface area contributed by atoms with Crippen LogP contribution in [-0.2, 0) is 9.59 Å². The molecule has 3 aromatic rings. The van der Waals surface area contributed by atoms with Crippen molar-refractivity contribution in [1.82, 2.24) is 15.6 Å². The molecular formula is C23H23N3O2. The van der Waals surface area contributed by atoms with Gasteiger partial charge in [0.2, 0.25) is 11.8 Å². The minimum Gasteiger partial charge on any atom is -0.349 e. The van der Waals surface area contributed by atoms with Crippen LogP contribution in [-0.4, -0.2) is 16.8 Å². The number of aromatic nitrogens is 1. The average Bonchev–Trinajstić information content (AvgIpc) is 2.73. The quantitative estimate of drug-likeness (QED) is 0.665. The summed E-state index contributed by atoms with van der Waals surface area (Å²) in [5, 5.41) is 5.93. The van der Waals surface area contributed by atoms with E-state index < -0.39 is 0 Å². The molecule has 1 aromatic heterocycles. The third kappa shape index (κ3) is 5.27. The molecule has 0 spiro atoms. The zero-order valence-electron chi connectivity index (χ0n) is 15.7. The first-order valence-corrected chi connectivity index (χ1v) is 9.21. The maximum absolute atomic E-state index is 12.9. The summed E-state index contributed by atoms with van der Waals surface area (Å²) in [7, 11) is 0. The average molecular weight is 373 g/mol. The van der Waals surface area contributed by atoms with Gasteiger partial charge >= 0.3 is 0 Å². The van der Waals surface area contributed by atoms with E-state index in [2.05, 4.69) is 15.6 Å². The zero-order chi connectivity index (χ0) is 19.8. The summed E-state index contributed by atoms with van der Waals surface area (Å²) in [6.07, 6.45) is 1.85. The summed E-state index contributed by atoms with van der Waals surface area (Å²) in [4.78, 5) is 28.9. The summed E-state index contributed by atoms with van der Waals surface area (Å²) in [6.45, 7) is 1.45. The molecule has 3 rings (SSSR count). The van der Waals surface area contributed by atoms with Gasteiger partial charge in [0.25, 0.3) is 0 Å². The van der Waals surface area contributed by atoms with E-state index in [0.717, 1.165) is 16.8 Å². The monoisotopic (exact) mass is 373 g/mol. The summed E-state index contributed by atoms with van der Waals surface area (Å²) in [5.74, 6) is -0.340. The smallest absolute Gasteiger partial charge is 0.223 e. The highest BCUT2D eigenvalue weighted by Crippen LogP contribution is 2.22. The fourth-order valence-electron chi connectivity index (χ4n) is 3.11. The van der Waals surface area contributed by atoms with Gasteiger partial charge in [0.15, 0.2) is 0 Å². The standard InChI is InChI=1S/C23H23N3O2/c1-17(27)25-21(18-10-4-2-5-11-18)16-22(28)26-23(19-12-6-3-7-13-19)20-14-8-9-15-24-20/h2-15,21,23H,16H2,1H3,(H,25,27)(H,26,28). The van der Waals surface area contributed by atoms with E-state index in [0.29, 0.717) is 0 Å². The van der Waals surface area contributed by atoms with Gasteiger partial charge in [-0.1, -0.05) is 66.7 Å². The molecule has 2 unspecified atom stereocenters. The molecule has 0 bridgehead atoms. The largest absolute Gasteiger partial charge is 0.349 e. The second-order valence-corrected chi connectivity index (χ2v) is 6.53. The van der Waals surface area contributed by atoms with Crippen molar-refractivity contribution >= 4 is 11.8 Å². The number of hydrogen-bond acceptors (Lipinski definition) is 3. The first kappa shape index (κ1) is 19.3. The molecule has 2 aromatic carbocycles. The molecule has 0 aliphatic heterocycles. The highest BCUT2D eigenvalue weighted by Gasteiger charge is 2.22. The van der Waals surface area contributed by atoms with Crippen LogP contribution in [0.4, 0.5) is 0 Å². The van der Waals surface area contributed by atoms with E-state index in [1.165, 1.54) is 6.92 Å². The lowest BCUT2D eigenvalue weighted by molar-refractivity contribution is -0.123. The van der Waals surface area contributed by atoms with Gasteiger partial charge < -0.3 is 10.6 Å². The predicted octanol–water partition coefficient (Wildman–Crippen LogP) is 3.55. The van der Waals surface area contributed by atoms with Crippen LogP contribution in [0.3, 0.4) is 0 Å². The van der Waals surface area contributed by atoms with Crippen molar-refractivity contribution in [2.75, 3.05) is 0 Å². The molecule has 1 heterocycles. The molecular weight excluding hydrogens is 350 g/mol. The van der Waals surface area contributed by atoms with E-state index in [1.807, 2.05) is 78.9 Å². The number of rotatable bonds is 7. The third-order valence-electron chi connectivity index (χ3n) is 4.39. The number of nitrogens with zero attached hydrogens (tertiary/aromatic N) is 1. The van der Waals surface area contributed by atoms with Crippen molar-refractivity contribution < 1.29 is 9.59 Å². The Balaban J connectivity index is 1.80. The summed E-state index contributed by atoms with van der Waals surface area (Å²) < 4.78 is 0. The lowest BCUT2D eigenvalue weighted by atomic mass is 10.0. The Labute approximate surface area is 164 Å². The van der Waals surface area contributed by atoms with Crippen LogP contribution >= 0.6 is 0 Å². The van der Waals surface area contributed by atoms with Crippen molar-refractivity contribution in [3.05, 3.63) is 102 Å². The fourth-order valence-corrected chi connectivity index (χ4v) is 3.11. The lowest BCUT2D eigenvalue weighted by Crippen LogP contribution is -2.35. The van der Waals surface area contributed by atoms with E-state index in [9.17, 15) is 9.59 Å². The van der Waals surface area contributed by atoms with Crippen LogP contribution < -0.4 is 10.6 Å². The van der Waals surface area contributed by atoms with Crippen molar-refractivity contribution in [3.8, 4) is 0 Å². The van der Waals surface area contributed by atoms with Gasteiger partial charge in [-0.05, 0) is 23.3 Å². The van der Waals surface area contributed by atoms with Crippen LogP contribution in [0.25, 0.3) is 0 Å². The highest BCUT2D eigenvalue weighted by atomic mass is 16.2. The van der Waals surface area contributed by atoms with E-state index >= 15 is 0 Å². The molecule has 28 heavy (non-hydrogen) atoms. The Hall–Kier alpha value is -3.47. The third-order valence-corrected chi connectivity index (χ3v) is 4.39. The number of pyridine rings is 1. The minimum atomic E-state index is -0.390. The maximum Gasteiger partial charge on any atom is 0.223 e. The van der Waals surface area contributed by atoms with Gasteiger partial charge in [-0.2, -0.15) is 0 Å². The second-order valence-electron chi connectivity index (χ2n) is 6.53. The molecule has 0 aliphatic carbocycles. The van der Waals surface area contributed by atoms with Gasteiger partial charge in [-0.15, -0.1) is 0 Å². The molecule has 0 saturated carbocycles. The molecule has 5 heteroatoms. The topological polar surface area (TPSA) is 71.1 Å². The van der Waals surface area contributed by atoms with Crippen molar-refractivity contribution in [2.45, 2.75) is 25.4 Å². The van der Waals surface area contributed by atoms with Crippen LogP contribution in [0, 0.1) is 0 Å². The highest BCUT2D eigenvalue weighted by molar-refractivity contribution is 5.79. The number of benzene rings is 2. The zero-order valence-corrected chi connectivity index (χ0v) is 15.7. The Kier molecular flexibility index (Phi) is 6.52. The van der Waals surface area contributed by atoms with Gasteiger partial charge in [-0.3, -0.25) is 14.6 Å². The molecule has 0 saturated heterocycles. The Morgan fingerprint density at radius 3 is 2.00 bits per heavy atom. The molecule has 0 aliphatic rings.